The molecule has 0 saturated heterocycles. The van der Waals surface area contributed by atoms with E-state index in [2.05, 4.69) is 24.4 Å². The fourth-order valence-corrected chi connectivity index (χ4v) is 2.07. The topological polar surface area (TPSA) is 58.6 Å². The fourth-order valence-electron chi connectivity index (χ4n) is 2.07. The lowest BCUT2D eigenvalue weighted by atomic mass is 10.1. The van der Waals surface area contributed by atoms with Crippen molar-refractivity contribution in [3.8, 4) is 5.75 Å². The number of aromatic carboxylic acids is 1. The maximum absolute atomic E-state index is 11.1. The van der Waals surface area contributed by atoms with Crippen molar-refractivity contribution in [1.82, 2.24) is 5.32 Å². The van der Waals surface area contributed by atoms with Gasteiger partial charge in [-0.05, 0) is 24.6 Å². The first kappa shape index (κ1) is 15.1. The molecule has 2 rings (SSSR count). The molecule has 0 aliphatic carbocycles. The molecule has 0 bridgehead atoms. The Hall–Kier alpha value is -2.33. The predicted molar refractivity (Wildman–Crippen MR) is 81.8 cm³/mol. The van der Waals surface area contributed by atoms with Gasteiger partial charge in [-0.25, -0.2) is 4.79 Å². The third-order valence-corrected chi connectivity index (χ3v) is 3.23. The second kappa shape index (κ2) is 7.45. The van der Waals surface area contributed by atoms with E-state index in [1.165, 1.54) is 11.6 Å². The molecule has 0 aromatic heterocycles. The summed E-state index contributed by atoms with van der Waals surface area (Å²) in [4.78, 5) is 11.1. The van der Waals surface area contributed by atoms with Crippen molar-refractivity contribution >= 4 is 5.97 Å². The average molecular weight is 285 g/mol. The maximum Gasteiger partial charge on any atom is 0.339 e. The lowest BCUT2D eigenvalue weighted by Gasteiger charge is -2.15. The summed E-state index contributed by atoms with van der Waals surface area (Å²) in [6, 6.07) is 17.0. The summed E-state index contributed by atoms with van der Waals surface area (Å²) in [7, 11) is 0. The molecular formula is C17H19NO3. The number of para-hydroxylation sites is 1. The standard InChI is InChI=1S/C17H19NO3/c1-13(14-7-3-2-4-8-14)18-11-12-21-16-10-6-5-9-15(16)17(19)20/h2-10,13,18H,11-12H2,1H3,(H,19,20). The van der Waals surface area contributed by atoms with E-state index in [4.69, 9.17) is 9.84 Å². The Labute approximate surface area is 124 Å². The number of carboxylic acids is 1. The summed E-state index contributed by atoms with van der Waals surface area (Å²) in [5.74, 6) is -0.574. The summed E-state index contributed by atoms with van der Waals surface area (Å²) in [5.41, 5.74) is 1.40. The Balaban J connectivity index is 1.81. The Morgan fingerprint density at radius 3 is 2.52 bits per heavy atom. The van der Waals surface area contributed by atoms with Gasteiger partial charge >= 0.3 is 5.97 Å². The van der Waals surface area contributed by atoms with E-state index in [0.29, 0.717) is 18.9 Å². The first-order valence-corrected chi connectivity index (χ1v) is 6.92. The molecule has 0 aliphatic rings. The third kappa shape index (κ3) is 4.33. The fraction of sp³-hybridized carbons (Fsp3) is 0.235. The molecular weight excluding hydrogens is 266 g/mol. The lowest BCUT2D eigenvalue weighted by Crippen LogP contribution is -2.24. The van der Waals surface area contributed by atoms with Crippen LogP contribution >= 0.6 is 0 Å². The van der Waals surface area contributed by atoms with Crippen LogP contribution in [0.2, 0.25) is 0 Å². The highest BCUT2D eigenvalue weighted by molar-refractivity contribution is 5.90. The van der Waals surface area contributed by atoms with Crippen LogP contribution in [0.25, 0.3) is 0 Å². The highest BCUT2D eigenvalue weighted by atomic mass is 16.5. The number of rotatable bonds is 7. The molecule has 0 saturated carbocycles. The Bertz CT molecular complexity index is 584. The van der Waals surface area contributed by atoms with E-state index in [9.17, 15) is 4.79 Å². The van der Waals surface area contributed by atoms with Crippen LogP contribution < -0.4 is 10.1 Å². The van der Waals surface area contributed by atoms with Gasteiger partial charge in [0.25, 0.3) is 0 Å². The average Bonchev–Trinajstić information content (AvgIpc) is 2.52. The minimum atomic E-state index is -0.976. The van der Waals surface area contributed by atoms with Gasteiger partial charge in [0.1, 0.15) is 17.9 Å². The number of carboxylic acid groups (broad SMARTS) is 1. The van der Waals surface area contributed by atoms with Crippen molar-refractivity contribution < 1.29 is 14.6 Å². The van der Waals surface area contributed by atoms with Gasteiger partial charge in [-0.15, -0.1) is 0 Å². The smallest absolute Gasteiger partial charge is 0.339 e. The molecule has 0 heterocycles. The van der Waals surface area contributed by atoms with Crippen LogP contribution in [0.5, 0.6) is 5.75 Å². The van der Waals surface area contributed by atoms with Crippen LogP contribution in [-0.2, 0) is 0 Å². The summed E-state index contributed by atoms with van der Waals surface area (Å²) >= 11 is 0. The third-order valence-electron chi connectivity index (χ3n) is 3.23. The molecule has 1 atom stereocenters. The van der Waals surface area contributed by atoms with E-state index in [1.807, 2.05) is 18.2 Å². The first-order valence-electron chi connectivity index (χ1n) is 6.92. The van der Waals surface area contributed by atoms with E-state index < -0.39 is 5.97 Å². The molecule has 0 spiro atoms. The van der Waals surface area contributed by atoms with Crippen molar-refractivity contribution in [2.45, 2.75) is 13.0 Å². The van der Waals surface area contributed by atoms with Crippen molar-refractivity contribution in [3.05, 3.63) is 65.7 Å². The zero-order valence-corrected chi connectivity index (χ0v) is 12.0. The van der Waals surface area contributed by atoms with Gasteiger partial charge in [0.05, 0.1) is 0 Å². The number of nitrogens with one attached hydrogen (secondary N) is 1. The Morgan fingerprint density at radius 2 is 1.81 bits per heavy atom. The van der Waals surface area contributed by atoms with Gasteiger partial charge in [0.15, 0.2) is 0 Å². The number of carbonyl (C=O) groups is 1. The second-order valence-corrected chi connectivity index (χ2v) is 4.74. The van der Waals surface area contributed by atoms with E-state index in [-0.39, 0.29) is 11.6 Å². The number of ether oxygens (including phenoxy) is 1. The predicted octanol–water partition coefficient (Wildman–Crippen LogP) is 3.11. The SMILES string of the molecule is CC(NCCOc1ccccc1C(=O)O)c1ccccc1. The highest BCUT2D eigenvalue weighted by Gasteiger charge is 2.10. The van der Waals surface area contributed by atoms with Crippen molar-refractivity contribution in [2.75, 3.05) is 13.2 Å². The molecule has 0 radical (unpaired) electrons. The largest absolute Gasteiger partial charge is 0.491 e. The summed E-state index contributed by atoms with van der Waals surface area (Å²) in [6.45, 7) is 3.14. The van der Waals surface area contributed by atoms with Gasteiger partial charge in [-0.3, -0.25) is 0 Å². The van der Waals surface area contributed by atoms with Crippen LogP contribution in [-0.4, -0.2) is 24.2 Å². The molecule has 0 fully saturated rings. The molecule has 4 heteroatoms. The van der Waals surface area contributed by atoms with Gasteiger partial charge in [0, 0.05) is 12.6 Å². The lowest BCUT2D eigenvalue weighted by molar-refractivity contribution is 0.0692. The molecule has 2 aromatic rings. The van der Waals surface area contributed by atoms with E-state index in [0.717, 1.165) is 0 Å². The molecule has 110 valence electrons. The second-order valence-electron chi connectivity index (χ2n) is 4.74. The van der Waals surface area contributed by atoms with Crippen molar-refractivity contribution in [1.29, 1.82) is 0 Å². The molecule has 4 nitrogen and oxygen atoms in total. The molecule has 21 heavy (non-hydrogen) atoms. The molecule has 2 N–H and O–H groups in total. The minimum Gasteiger partial charge on any atom is -0.491 e. The molecule has 0 amide bonds. The maximum atomic E-state index is 11.1. The van der Waals surface area contributed by atoms with Gasteiger partial charge in [-0.1, -0.05) is 42.5 Å². The van der Waals surface area contributed by atoms with Crippen LogP contribution in [0.1, 0.15) is 28.9 Å². The summed E-state index contributed by atoms with van der Waals surface area (Å²) in [6.07, 6.45) is 0. The highest BCUT2D eigenvalue weighted by Crippen LogP contribution is 2.17. The Morgan fingerprint density at radius 1 is 1.14 bits per heavy atom. The number of benzene rings is 2. The zero-order valence-electron chi connectivity index (χ0n) is 12.0. The summed E-state index contributed by atoms with van der Waals surface area (Å²) < 4.78 is 5.54. The van der Waals surface area contributed by atoms with Crippen molar-refractivity contribution in [3.63, 3.8) is 0 Å². The van der Waals surface area contributed by atoms with Crippen LogP contribution in [0, 0.1) is 0 Å². The summed E-state index contributed by atoms with van der Waals surface area (Å²) in [5, 5.41) is 12.4. The number of hydrogen-bond donors (Lipinski definition) is 2. The van der Waals surface area contributed by atoms with E-state index in [1.54, 1.807) is 18.2 Å². The minimum absolute atomic E-state index is 0.189. The number of hydrogen-bond acceptors (Lipinski definition) is 3. The van der Waals surface area contributed by atoms with E-state index >= 15 is 0 Å². The van der Waals surface area contributed by atoms with Gasteiger partial charge in [-0.2, -0.15) is 0 Å². The quantitative estimate of drug-likeness (QED) is 0.767. The van der Waals surface area contributed by atoms with Crippen molar-refractivity contribution in [2.24, 2.45) is 0 Å². The first-order chi connectivity index (χ1) is 10.2. The van der Waals surface area contributed by atoms with Gasteiger partial charge in [0.2, 0.25) is 0 Å². The Kier molecular flexibility index (Phi) is 5.35. The monoisotopic (exact) mass is 285 g/mol. The van der Waals surface area contributed by atoms with Crippen LogP contribution in [0.15, 0.2) is 54.6 Å². The molecule has 1 unspecified atom stereocenters. The molecule has 2 aromatic carbocycles. The van der Waals surface area contributed by atoms with Crippen LogP contribution in [0.4, 0.5) is 0 Å². The van der Waals surface area contributed by atoms with Gasteiger partial charge < -0.3 is 15.2 Å². The zero-order chi connectivity index (χ0) is 15.1. The normalized spacial score (nSPS) is 11.9. The van der Waals surface area contributed by atoms with Crippen LogP contribution in [0.3, 0.4) is 0 Å². The molecule has 0 aliphatic heterocycles.